The Morgan fingerprint density at radius 3 is 2.40 bits per heavy atom. The summed E-state index contributed by atoms with van der Waals surface area (Å²) < 4.78 is 13.1. The maximum atomic E-state index is 13.4. The van der Waals surface area contributed by atoms with Crippen molar-refractivity contribution >= 4 is 34.1 Å². The zero-order valence-electron chi connectivity index (χ0n) is 19.9. The fourth-order valence-electron chi connectivity index (χ4n) is 4.44. The zero-order chi connectivity index (χ0) is 24.9. The number of fused-ring (bicyclic) bond motifs is 1. The molecule has 0 unspecified atom stereocenters. The highest BCUT2D eigenvalue weighted by Gasteiger charge is 2.18. The average molecular weight is 501 g/mol. The first-order chi connectivity index (χ1) is 16.9. The molecule has 1 fully saturated rings. The van der Waals surface area contributed by atoms with E-state index in [-0.39, 0.29) is 18.6 Å². The lowest BCUT2D eigenvalue weighted by molar-refractivity contribution is -0.116. The van der Waals surface area contributed by atoms with E-state index in [0.717, 1.165) is 25.9 Å². The van der Waals surface area contributed by atoms with Crippen LogP contribution in [-0.4, -0.2) is 53.8 Å². The van der Waals surface area contributed by atoms with Crippen LogP contribution in [-0.2, 0) is 17.9 Å². The van der Waals surface area contributed by atoms with Crippen LogP contribution in [0.3, 0.4) is 0 Å². The molecule has 1 aromatic heterocycles. The summed E-state index contributed by atoms with van der Waals surface area (Å²) in [5.41, 5.74) is -0.103. The van der Waals surface area contributed by atoms with Gasteiger partial charge in [-0.2, -0.15) is 0 Å². The number of hydrogen-bond donors (Lipinski definition) is 1. The Labute approximate surface area is 207 Å². The topological polar surface area (TPSA) is 94.8 Å². The number of nitrogens with one attached hydrogen (secondary N) is 1. The van der Waals surface area contributed by atoms with Crippen molar-refractivity contribution in [2.75, 3.05) is 39.2 Å². The number of benzene rings is 2. The molecular formula is C25H29ClN4O5. The zero-order valence-corrected chi connectivity index (χ0v) is 20.6. The molecule has 1 aliphatic heterocycles. The first kappa shape index (κ1) is 24.8. The monoisotopic (exact) mass is 500 g/mol. The fourth-order valence-corrected chi connectivity index (χ4v) is 4.68. The molecule has 0 radical (unpaired) electrons. The number of nitrogens with zero attached hydrogens (tertiary/aromatic N) is 3. The van der Waals surface area contributed by atoms with Gasteiger partial charge in [-0.25, -0.2) is 4.79 Å². The van der Waals surface area contributed by atoms with E-state index < -0.39 is 11.6 Å². The Morgan fingerprint density at radius 2 is 1.69 bits per heavy atom. The van der Waals surface area contributed by atoms with Crippen LogP contribution in [0.25, 0.3) is 10.9 Å². The predicted octanol–water partition coefficient (Wildman–Crippen LogP) is 2.96. The molecule has 10 heteroatoms. The highest BCUT2D eigenvalue weighted by atomic mass is 35.5. The van der Waals surface area contributed by atoms with E-state index in [9.17, 15) is 14.4 Å². The van der Waals surface area contributed by atoms with Crippen LogP contribution in [0, 0.1) is 0 Å². The van der Waals surface area contributed by atoms with E-state index in [1.54, 1.807) is 30.3 Å². The number of rotatable bonds is 8. The van der Waals surface area contributed by atoms with Gasteiger partial charge in [0.1, 0.15) is 18.0 Å². The molecule has 1 N–H and O–H groups in total. The molecule has 0 spiro atoms. The molecule has 0 atom stereocenters. The van der Waals surface area contributed by atoms with E-state index in [1.165, 1.54) is 35.8 Å². The van der Waals surface area contributed by atoms with Gasteiger partial charge in [-0.15, -0.1) is 0 Å². The summed E-state index contributed by atoms with van der Waals surface area (Å²) in [5.74, 6) is 0.311. The highest BCUT2D eigenvalue weighted by molar-refractivity contribution is 6.32. The standard InChI is InChI=1S/C25H29ClN4O5/c1-34-21-15-22(35-2)19(14-18(21)26)27-23(31)16-30-20-9-5-4-8-17(20)24(32)29(25(30)33)13-12-28-10-6-3-7-11-28/h4-5,8-9,14-15H,3,6-7,10-13,16H2,1-2H3,(H,27,31). The van der Waals surface area contributed by atoms with E-state index in [1.807, 2.05) is 0 Å². The van der Waals surface area contributed by atoms with Gasteiger partial charge in [-0.3, -0.25) is 18.7 Å². The Balaban J connectivity index is 1.64. The lowest BCUT2D eigenvalue weighted by atomic mass is 10.1. The number of likely N-dealkylation sites (tertiary alicyclic amines) is 1. The molecular weight excluding hydrogens is 472 g/mol. The Kier molecular flexibility index (Phi) is 7.77. The van der Waals surface area contributed by atoms with Gasteiger partial charge < -0.3 is 19.7 Å². The van der Waals surface area contributed by atoms with Crippen molar-refractivity contribution in [2.45, 2.75) is 32.4 Å². The number of hydrogen-bond acceptors (Lipinski definition) is 6. The summed E-state index contributed by atoms with van der Waals surface area (Å²) in [4.78, 5) is 41.8. The van der Waals surface area contributed by atoms with Gasteiger partial charge in [-0.05, 0) is 44.1 Å². The van der Waals surface area contributed by atoms with Crippen LogP contribution < -0.4 is 26.0 Å². The summed E-state index contributed by atoms with van der Waals surface area (Å²) in [5, 5.41) is 3.45. The third-order valence-corrected chi connectivity index (χ3v) is 6.57. The minimum Gasteiger partial charge on any atom is -0.495 e. The predicted molar refractivity (Wildman–Crippen MR) is 136 cm³/mol. The van der Waals surface area contributed by atoms with E-state index in [2.05, 4.69) is 10.2 Å². The van der Waals surface area contributed by atoms with Crippen LogP contribution in [0.15, 0.2) is 46.0 Å². The Hall–Kier alpha value is -3.30. The summed E-state index contributed by atoms with van der Waals surface area (Å²) in [7, 11) is 2.95. The van der Waals surface area contributed by atoms with Crippen molar-refractivity contribution in [1.29, 1.82) is 0 Å². The lowest BCUT2D eigenvalue weighted by Crippen LogP contribution is -2.44. The Bertz CT molecular complexity index is 1340. The molecule has 2 aromatic carbocycles. The molecule has 9 nitrogen and oxygen atoms in total. The van der Waals surface area contributed by atoms with Gasteiger partial charge >= 0.3 is 5.69 Å². The van der Waals surface area contributed by atoms with Gasteiger partial charge in [-0.1, -0.05) is 30.2 Å². The van der Waals surface area contributed by atoms with Crippen LogP contribution in [0.4, 0.5) is 5.69 Å². The Morgan fingerprint density at radius 1 is 0.971 bits per heavy atom. The smallest absolute Gasteiger partial charge is 0.331 e. The molecule has 4 rings (SSSR count). The summed E-state index contributed by atoms with van der Waals surface area (Å²) in [6, 6.07) is 9.93. The van der Waals surface area contributed by atoms with Crippen molar-refractivity contribution in [1.82, 2.24) is 14.0 Å². The van der Waals surface area contributed by atoms with Crippen LogP contribution in [0.5, 0.6) is 11.5 Å². The maximum Gasteiger partial charge on any atom is 0.331 e. The minimum absolute atomic E-state index is 0.270. The molecule has 0 aliphatic carbocycles. The van der Waals surface area contributed by atoms with Gasteiger partial charge in [0.2, 0.25) is 5.91 Å². The number of carbonyl (C=O) groups excluding carboxylic acids is 1. The van der Waals surface area contributed by atoms with Crippen molar-refractivity contribution in [3.63, 3.8) is 0 Å². The molecule has 35 heavy (non-hydrogen) atoms. The van der Waals surface area contributed by atoms with Crippen LogP contribution in [0.1, 0.15) is 19.3 Å². The maximum absolute atomic E-state index is 13.4. The number of para-hydroxylation sites is 1. The quantitative estimate of drug-likeness (QED) is 0.511. The normalized spacial score (nSPS) is 14.1. The van der Waals surface area contributed by atoms with E-state index >= 15 is 0 Å². The summed E-state index contributed by atoms with van der Waals surface area (Å²) in [6.45, 7) is 2.53. The second-order valence-electron chi connectivity index (χ2n) is 8.48. The van der Waals surface area contributed by atoms with Gasteiger partial charge in [0.25, 0.3) is 5.56 Å². The van der Waals surface area contributed by atoms with Crippen molar-refractivity contribution < 1.29 is 14.3 Å². The number of methoxy groups -OCH3 is 2. The molecule has 2 heterocycles. The summed E-state index contributed by atoms with van der Waals surface area (Å²) in [6.07, 6.45) is 3.45. The first-order valence-corrected chi connectivity index (χ1v) is 12.0. The van der Waals surface area contributed by atoms with Gasteiger partial charge in [0, 0.05) is 19.2 Å². The average Bonchev–Trinajstić information content (AvgIpc) is 2.87. The largest absolute Gasteiger partial charge is 0.495 e. The molecule has 0 saturated carbocycles. The third-order valence-electron chi connectivity index (χ3n) is 6.27. The van der Waals surface area contributed by atoms with E-state index in [0.29, 0.717) is 39.7 Å². The van der Waals surface area contributed by atoms with Crippen molar-refractivity contribution in [2.24, 2.45) is 0 Å². The van der Waals surface area contributed by atoms with Gasteiger partial charge in [0.15, 0.2) is 0 Å². The SMILES string of the molecule is COc1cc(OC)c(NC(=O)Cn2c(=O)n(CCN3CCCCC3)c(=O)c3ccccc32)cc1Cl. The number of amides is 1. The lowest BCUT2D eigenvalue weighted by Gasteiger charge is -2.26. The minimum atomic E-state index is -0.513. The number of halogens is 1. The van der Waals surface area contributed by atoms with Crippen molar-refractivity contribution in [3.05, 3.63) is 62.3 Å². The van der Waals surface area contributed by atoms with E-state index in [4.69, 9.17) is 21.1 Å². The van der Waals surface area contributed by atoms with Crippen LogP contribution >= 0.6 is 11.6 Å². The van der Waals surface area contributed by atoms with Gasteiger partial charge in [0.05, 0.1) is 35.8 Å². The number of anilines is 1. The molecule has 1 saturated heterocycles. The third kappa shape index (κ3) is 5.36. The molecule has 0 bridgehead atoms. The molecule has 3 aromatic rings. The molecule has 186 valence electrons. The molecule has 1 aliphatic rings. The summed E-state index contributed by atoms with van der Waals surface area (Å²) >= 11 is 6.21. The number of aromatic nitrogens is 2. The molecule has 1 amide bonds. The highest BCUT2D eigenvalue weighted by Crippen LogP contribution is 2.35. The fraction of sp³-hybridized carbons (Fsp3) is 0.400. The number of ether oxygens (including phenoxy) is 2. The first-order valence-electron chi connectivity index (χ1n) is 11.6. The second kappa shape index (κ2) is 11.0. The number of piperidine rings is 1. The number of carbonyl (C=O) groups is 1. The van der Waals surface area contributed by atoms with Crippen molar-refractivity contribution in [3.8, 4) is 11.5 Å². The van der Waals surface area contributed by atoms with Crippen LogP contribution in [0.2, 0.25) is 5.02 Å². The second-order valence-corrected chi connectivity index (χ2v) is 8.89.